The summed E-state index contributed by atoms with van der Waals surface area (Å²) in [6, 6.07) is 12.7. The first kappa shape index (κ1) is 14.4. The lowest BCUT2D eigenvalue weighted by atomic mass is 10.0. The molecule has 0 aromatic heterocycles. The topological polar surface area (TPSA) is 47.3 Å². The largest absolute Gasteiger partial charge is 0.493 e. The van der Waals surface area contributed by atoms with Crippen molar-refractivity contribution in [3.8, 4) is 5.75 Å². The van der Waals surface area contributed by atoms with Gasteiger partial charge < -0.3 is 4.74 Å². The van der Waals surface area contributed by atoms with Gasteiger partial charge in [0.2, 0.25) is 0 Å². The SMILES string of the molecule is NNC(CSc1cccc(F)c1)c1cccc2c1OCC2. The van der Waals surface area contributed by atoms with Gasteiger partial charge in [-0.1, -0.05) is 24.3 Å². The molecule has 0 saturated carbocycles. The van der Waals surface area contributed by atoms with Gasteiger partial charge in [-0.2, -0.15) is 0 Å². The summed E-state index contributed by atoms with van der Waals surface area (Å²) in [6.45, 7) is 0.723. The third-order valence-corrected chi connectivity index (χ3v) is 4.62. The first-order chi connectivity index (χ1) is 10.3. The normalized spacial score (nSPS) is 14.6. The molecule has 0 bridgehead atoms. The average Bonchev–Trinajstić information content (AvgIpc) is 2.97. The number of nitrogens with one attached hydrogen (secondary N) is 1. The van der Waals surface area contributed by atoms with Gasteiger partial charge in [-0.25, -0.2) is 4.39 Å². The van der Waals surface area contributed by atoms with Crippen LogP contribution in [0.5, 0.6) is 5.75 Å². The lowest BCUT2D eigenvalue weighted by molar-refractivity contribution is 0.350. The van der Waals surface area contributed by atoms with Gasteiger partial charge in [-0.05, 0) is 23.8 Å². The van der Waals surface area contributed by atoms with E-state index in [0.29, 0.717) is 5.75 Å². The Morgan fingerprint density at radius 3 is 2.95 bits per heavy atom. The van der Waals surface area contributed by atoms with E-state index in [9.17, 15) is 4.39 Å². The molecule has 0 aliphatic carbocycles. The molecule has 1 heterocycles. The number of ether oxygens (including phenoxy) is 1. The molecular weight excluding hydrogens is 287 g/mol. The smallest absolute Gasteiger partial charge is 0.127 e. The Labute approximate surface area is 127 Å². The van der Waals surface area contributed by atoms with Crippen molar-refractivity contribution in [2.75, 3.05) is 12.4 Å². The maximum Gasteiger partial charge on any atom is 0.127 e. The highest BCUT2D eigenvalue weighted by atomic mass is 32.2. The average molecular weight is 304 g/mol. The summed E-state index contributed by atoms with van der Waals surface area (Å²) < 4.78 is 18.9. The van der Waals surface area contributed by atoms with E-state index in [0.717, 1.165) is 29.2 Å². The maximum atomic E-state index is 13.2. The summed E-state index contributed by atoms with van der Waals surface area (Å²) in [5.41, 5.74) is 5.13. The highest BCUT2D eigenvalue weighted by Crippen LogP contribution is 2.35. The van der Waals surface area contributed by atoms with Gasteiger partial charge in [0.1, 0.15) is 11.6 Å². The predicted octanol–water partition coefficient (Wildman–Crippen LogP) is 3.06. The number of rotatable bonds is 5. The molecule has 0 fully saturated rings. The van der Waals surface area contributed by atoms with Crippen LogP contribution in [0.3, 0.4) is 0 Å². The van der Waals surface area contributed by atoms with Gasteiger partial charge in [0, 0.05) is 22.6 Å². The van der Waals surface area contributed by atoms with Crippen molar-refractivity contribution in [1.82, 2.24) is 5.43 Å². The number of fused-ring (bicyclic) bond motifs is 1. The number of hydrazine groups is 1. The van der Waals surface area contributed by atoms with Gasteiger partial charge in [0.25, 0.3) is 0 Å². The van der Waals surface area contributed by atoms with Crippen molar-refractivity contribution >= 4 is 11.8 Å². The van der Waals surface area contributed by atoms with E-state index in [-0.39, 0.29) is 11.9 Å². The molecule has 1 unspecified atom stereocenters. The van der Waals surface area contributed by atoms with Crippen LogP contribution in [0.4, 0.5) is 4.39 Å². The Morgan fingerprint density at radius 1 is 1.29 bits per heavy atom. The second-order valence-corrected chi connectivity index (χ2v) is 6.01. The number of nitrogens with two attached hydrogens (primary N) is 1. The zero-order chi connectivity index (χ0) is 14.7. The molecule has 0 radical (unpaired) electrons. The number of halogens is 1. The molecule has 0 spiro atoms. The van der Waals surface area contributed by atoms with Crippen LogP contribution in [0, 0.1) is 5.82 Å². The van der Waals surface area contributed by atoms with Crippen LogP contribution in [0.1, 0.15) is 17.2 Å². The van der Waals surface area contributed by atoms with Crippen molar-refractivity contribution in [2.45, 2.75) is 17.4 Å². The van der Waals surface area contributed by atoms with Crippen LogP contribution < -0.4 is 16.0 Å². The Morgan fingerprint density at radius 2 is 2.14 bits per heavy atom. The highest BCUT2D eigenvalue weighted by Gasteiger charge is 2.21. The number of hydrogen-bond acceptors (Lipinski definition) is 4. The summed E-state index contributed by atoms with van der Waals surface area (Å²) in [5.74, 6) is 7.13. The van der Waals surface area contributed by atoms with Crippen molar-refractivity contribution in [1.29, 1.82) is 0 Å². The van der Waals surface area contributed by atoms with Crippen molar-refractivity contribution in [3.63, 3.8) is 0 Å². The summed E-state index contributed by atoms with van der Waals surface area (Å²) >= 11 is 1.57. The van der Waals surface area contributed by atoms with E-state index in [1.54, 1.807) is 17.8 Å². The molecule has 1 aliphatic rings. The van der Waals surface area contributed by atoms with Crippen LogP contribution in [-0.2, 0) is 6.42 Å². The second-order valence-electron chi connectivity index (χ2n) is 4.92. The first-order valence-corrected chi connectivity index (χ1v) is 7.85. The van der Waals surface area contributed by atoms with Crippen molar-refractivity contribution in [2.24, 2.45) is 5.84 Å². The fourth-order valence-electron chi connectivity index (χ4n) is 2.48. The quantitative estimate of drug-likeness (QED) is 0.506. The lowest BCUT2D eigenvalue weighted by Crippen LogP contribution is -2.30. The van der Waals surface area contributed by atoms with Gasteiger partial charge in [0.15, 0.2) is 0 Å². The van der Waals surface area contributed by atoms with Gasteiger partial charge in [-0.3, -0.25) is 11.3 Å². The minimum absolute atomic E-state index is 0.0358. The fraction of sp³-hybridized carbons (Fsp3) is 0.250. The zero-order valence-electron chi connectivity index (χ0n) is 11.5. The monoisotopic (exact) mass is 304 g/mol. The van der Waals surface area contributed by atoms with Gasteiger partial charge in [0.05, 0.1) is 12.6 Å². The molecule has 21 heavy (non-hydrogen) atoms. The number of benzene rings is 2. The van der Waals surface area contributed by atoms with E-state index < -0.39 is 0 Å². The number of hydrogen-bond donors (Lipinski definition) is 2. The molecule has 0 amide bonds. The Kier molecular flexibility index (Phi) is 4.43. The molecular formula is C16H17FN2OS. The summed E-state index contributed by atoms with van der Waals surface area (Å²) in [7, 11) is 0. The standard InChI is InChI=1S/C16H17FN2OS/c17-12-4-2-5-13(9-12)21-10-15(19-18)14-6-1-3-11-7-8-20-16(11)14/h1-6,9,15,19H,7-8,10,18H2. The van der Waals surface area contributed by atoms with E-state index in [1.807, 2.05) is 18.2 Å². The predicted molar refractivity (Wildman–Crippen MR) is 82.8 cm³/mol. The molecule has 2 aromatic rings. The van der Waals surface area contributed by atoms with Crippen molar-refractivity contribution < 1.29 is 9.13 Å². The van der Waals surface area contributed by atoms with Crippen LogP contribution in [0.2, 0.25) is 0 Å². The van der Waals surface area contributed by atoms with E-state index in [1.165, 1.54) is 17.7 Å². The third kappa shape index (κ3) is 3.20. The van der Waals surface area contributed by atoms with Crippen molar-refractivity contribution in [3.05, 3.63) is 59.4 Å². The Balaban J connectivity index is 1.75. The molecule has 3 N–H and O–H groups in total. The highest BCUT2D eigenvalue weighted by molar-refractivity contribution is 7.99. The molecule has 110 valence electrons. The van der Waals surface area contributed by atoms with Gasteiger partial charge >= 0.3 is 0 Å². The van der Waals surface area contributed by atoms with Crippen LogP contribution in [0.25, 0.3) is 0 Å². The van der Waals surface area contributed by atoms with Crippen LogP contribution in [0.15, 0.2) is 47.4 Å². The zero-order valence-corrected chi connectivity index (χ0v) is 12.3. The molecule has 1 atom stereocenters. The second kappa shape index (κ2) is 6.47. The minimum Gasteiger partial charge on any atom is -0.493 e. The molecule has 5 heteroatoms. The Bertz CT molecular complexity index is 635. The van der Waals surface area contributed by atoms with Gasteiger partial charge in [-0.15, -0.1) is 11.8 Å². The third-order valence-electron chi connectivity index (χ3n) is 3.53. The maximum absolute atomic E-state index is 13.2. The number of thioether (sulfide) groups is 1. The minimum atomic E-state index is -0.221. The van der Waals surface area contributed by atoms with E-state index in [4.69, 9.17) is 10.6 Å². The summed E-state index contributed by atoms with van der Waals surface area (Å²) in [4.78, 5) is 0.892. The fourth-order valence-corrected chi connectivity index (χ4v) is 3.48. The van der Waals surface area contributed by atoms with Crippen LogP contribution in [-0.4, -0.2) is 12.4 Å². The Hall–Kier alpha value is -1.56. The summed E-state index contributed by atoms with van der Waals surface area (Å²) in [6.07, 6.45) is 0.942. The molecule has 1 aliphatic heterocycles. The first-order valence-electron chi connectivity index (χ1n) is 6.87. The molecule has 3 nitrogen and oxygen atoms in total. The van der Waals surface area contributed by atoms with Crippen LogP contribution >= 0.6 is 11.8 Å². The number of para-hydroxylation sites is 1. The lowest BCUT2D eigenvalue weighted by Gasteiger charge is -2.18. The summed E-state index contributed by atoms with van der Waals surface area (Å²) in [5, 5.41) is 0. The molecule has 3 rings (SSSR count). The molecule has 2 aromatic carbocycles. The molecule has 0 saturated heterocycles. The van der Waals surface area contributed by atoms with E-state index >= 15 is 0 Å². The van der Waals surface area contributed by atoms with E-state index in [2.05, 4.69) is 11.5 Å².